The third kappa shape index (κ3) is 3.31. The van der Waals surface area contributed by atoms with Gasteiger partial charge in [-0.05, 0) is 43.4 Å². The van der Waals surface area contributed by atoms with E-state index < -0.39 is 0 Å². The molecule has 1 atom stereocenters. The Labute approximate surface area is 104 Å². The number of benzene rings is 1. The number of rotatable bonds is 4. The van der Waals surface area contributed by atoms with E-state index in [0.717, 1.165) is 18.0 Å². The van der Waals surface area contributed by atoms with Gasteiger partial charge in [-0.3, -0.25) is 0 Å². The van der Waals surface area contributed by atoms with Gasteiger partial charge in [0.05, 0.1) is 11.6 Å². The average molecular weight is 228 g/mol. The van der Waals surface area contributed by atoms with Gasteiger partial charge in [0, 0.05) is 12.6 Å². The van der Waals surface area contributed by atoms with E-state index in [1.165, 1.54) is 31.2 Å². The molecule has 0 unspecified atom stereocenters. The molecule has 2 heteroatoms. The van der Waals surface area contributed by atoms with E-state index in [1.54, 1.807) is 0 Å². The summed E-state index contributed by atoms with van der Waals surface area (Å²) in [6, 6.07) is 10.6. The Hall–Kier alpha value is -1.33. The first-order valence-electron chi connectivity index (χ1n) is 6.52. The number of nitriles is 1. The highest BCUT2D eigenvalue weighted by Gasteiger charge is 2.20. The van der Waals surface area contributed by atoms with Crippen LogP contribution in [0.1, 0.15) is 43.7 Å². The number of hydrogen-bond donors (Lipinski definition) is 1. The van der Waals surface area contributed by atoms with E-state index in [4.69, 9.17) is 5.26 Å². The molecule has 0 amide bonds. The van der Waals surface area contributed by atoms with Crippen LogP contribution in [0.3, 0.4) is 0 Å². The summed E-state index contributed by atoms with van der Waals surface area (Å²) in [6.45, 7) is 3.15. The Kier molecular flexibility index (Phi) is 4.17. The van der Waals surface area contributed by atoms with Gasteiger partial charge in [0.1, 0.15) is 0 Å². The molecule has 2 nitrogen and oxygen atoms in total. The fourth-order valence-corrected chi connectivity index (χ4v) is 2.65. The van der Waals surface area contributed by atoms with Crippen LogP contribution in [0, 0.1) is 17.2 Å². The minimum atomic E-state index is 0.586. The van der Waals surface area contributed by atoms with Crippen LogP contribution in [0.4, 0.5) is 0 Å². The first kappa shape index (κ1) is 12.1. The highest BCUT2D eigenvalue weighted by atomic mass is 14.9. The molecule has 0 heterocycles. The van der Waals surface area contributed by atoms with E-state index in [1.807, 2.05) is 18.2 Å². The summed E-state index contributed by atoms with van der Waals surface area (Å²) in [5.41, 5.74) is 1.95. The van der Waals surface area contributed by atoms with Crippen molar-refractivity contribution in [3.8, 4) is 6.07 Å². The van der Waals surface area contributed by atoms with Gasteiger partial charge in [0.15, 0.2) is 0 Å². The maximum absolute atomic E-state index is 8.84. The van der Waals surface area contributed by atoms with Gasteiger partial charge in [-0.1, -0.05) is 25.0 Å². The fourth-order valence-electron chi connectivity index (χ4n) is 2.65. The third-order valence-corrected chi connectivity index (χ3v) is 3.79. The predicted octanol–water partition coefficient (Wildman–Crippen LogP) is 3.23. The van der Waals surface area contributed by atoms with E-state index in [0.29, 0.717) is 6.04 Å². The highest BCUT2D eigenvalue weighted by molar-refractivity contribution is 5.32. The molecule has 0 radical (unpaired) electrons. The molecule has 1 N–H and O–H groups in total. The summed E-state index contributed by atoms with van der Waals surface area (Å²) in [5, 5.41) is 12.4. The Balaban J connectivity index is 1.86. The predicted molar refractivity (Wildman–Crippen MR) is 69.4 cm³/mol. The Morgan fingerprint density at radius 3 is 2.88 bits per heavy atom. The molecule has 0 bridgehead atoms. The van der Waals surface area contributed by atoms with Crippen LogP contribution in [-0.2, 0) is 6.54 Å². The van der Waals surface area contributed by atoms with Crippen molar-refractivity contribution >= 4 is 0 Å². The van der Waals surface area contributed by atoms with Gasteiger partial charge in [-0.15, -0.1) is 0 Å². The summed E-state index contributed by atoms with van der Waals surface area (Å²) in [5.74, 6) is 0.842. The van der Waals surface area contributed by atoms with Crippen molar-refractivity contribution in [2.75, 3.05) is 0 Å². The quantitative estimate of drug-likeness (QED) is 0.858. The van der Waals surface area contributed by atoms with E-state index >= 15 is 0 Å². The molecule has 1 saturated carbocycles. The van der Waals surface area contributed by atoms with E-state index in [2.05, 4.69) is 24.4 Å². The van der Waals surface area contributed by atoms with Crippen molar-refractivity contribution in [1.29, 1.82) is 5.26 Å². The molecule has 1 aliphatic carbocycles. The van der Waals surface area contributed by atoms with E-state index in [-0.39, 0.29) is 0 Å². The van der Waals surface area contributed by atoms with Crippen LogP contribution in [0.25, 0.3) is 0 Å². The van der Waals surface area contributed by atoms with Gasteiger partial charge in [0.2, 0.25) is 0 Å². The van der Waals surface area contributed by atoms with Crippen molar-refractivity contribution < 1.29 is 0 Å². The summed E-state index contributed by atoms with van der Waals surface area (Å²) >= 11 is 0. The van der Waals surface area contributed by atoms with Crippen molar-refractivity contribution in [2.24, 2.45) is 5.92 Å². The van der Waals surface area contributed by atoms with Crippen LogP contribution in [0.5, 0.6) is 0 Å². The average Bonchev–Trinajstić information content (AvgIpc) is 2.90. The second kappa shape index (κ2) is 5.84. The summed E-state index contributed by atoms with van der Waals surface area (Å²) in [7, 11) is 0. The SMILES string of the molecule is C[C@@H](NCc1cccc(C#N)c1)C1CCCC1. The first-order valence-corrected chi connectivity index (χ1v) is 6.52. The minimum Gasteiger partial charge on any atom is -0.310 e. The van der Waals surface area contributed by atoms with Gasteiger partial charge in [-0.2, -0.15) is 5.26 Å². The van der Waals surface area contributed by atoms with Gasteiger partial charge < -0.3 is 5.32 Å². The molecule has 1 aromatic carbocycles. The van der Waals surface area contributed by atoms with Crippen molar-refractivity contribution in [2.45, 2.75) is 45.2 Å². The Bertz CT molecular complexity index is 400. The van der Waals surface area contributed by atoms with Crippen molar-refractivity contribution in [3.05, 3.63) is 35.4 Å². The standard InChI is InChI=1S/C15H20N2/c1-12(15-7-2-3-8-15)17-11-14-6-4-5-13(9-14)10-16/h4-6,9,12,15,17H,2-3,7-8,11H2,1H3/t12-/m1/s1. The molecule has 1 aromatic rings. The second-order valence-electron chi connectivity index (χ2n) is 5.03. The molecule has 1 fully saturated rings. The molecular weight excluding hydrogens is 208 g/mol. The van der Waals surface area contributed by atoms with Crippen molar-refractivity contribution in [1.82, 2.24) is 5.32 Å². The zero-order chi connectivity index (χ0) is 12.1. The third-order valence-electron chi connectivity index (χ3n) is 3.79. The van der Waals surface area contributed by atoms with Gasteiger partial charge in [-0.25, -0.2) is 0 Å². The minimum absolute atomic E-state index is 0.586. The number of nitrogens with one attached hydrogen (secondary N) is 1. The normalized spacial score (nSPS) is 17.9. The Morgan fingerprint density at radius 2 is 2.18 bits per heavy atom. The monoisotopic (exact) mass is 228 g/mol. The second-order valence-corrected chi connectivity index (χ2v) is 5.03. The van der Waals surface area contributed by atoms with Crippen LogP contribution >= 0.6 is 0 Å². The first-order chi connectivity index (χ1) is 8.29. The van der Waals surface area contributed by atoms with Crippen molar-refractivity contribution in [3.63, 3.8) is 0 Å². The van der Waals surface area contributed by atoms with E-state index in [9.17, 15) is 0 Å². The molecule has 2 rings (SSSR count). The molecular formula is C15H20N2. The number of hydrogen-bond acceptors (Lipinski definition) is 2. The molecule has 0 saturated heterocycles. The van der Waals surface area contributed by atoms with Crippen LogP contribution in [0.15, 0.2) is 24.3 Å². The molecule has 17 heavy (non-hydrogen) atoms. The van der Waals surface area contributed by atoms with Crippen LogP contribution in [-0.4, -0.2) is 6.04 Å². The molecule has 0 aromatic heterocycles. The molecule has 0 aliphatic heterocycles. The topological polar surface area (TPSA) is 35.8 Å². The highest BCUT2D eigenvalue weighted by Crippen LogP contribution is 2.27. The van der Waals surface area contributed by atoms with Gasteiger partial charge >= 0.3 is 0 Å². The smallest absolute Gasteiger partial charge is 0.0991 e. The molecule has 0 spiro atoms. The fraction of sp³-hybridized carbons (Fsp3) is 0.533. The lowest BCUT2D eigenvalue weighted by molar-refractivity contribution is 0.380. The van der Waals surface area contributed by atoms with Gasteiger partial charge in [0.25, 0.3) is 0 Å². The Morgan fingerprint density at radius 1 is 1.41 bits per heavy atom. The maximum Gasteiger partial charge on any atom is 0.0991 e. The summed E-state index contributed by atoms with van der Waals surface area (Å²) in [4.78, 5) is 0. The lowest BCUT2D eigenvalue weighted by Crippen LogP contribution is -2.31. The summed E-state index contributed by atoms with van der Waals surface area (Å²) in [6.07, 6.45) is 5.51. The van der Waals surface area contributed by atoms with Crippen LogP contribution < -0.4 is 5.32 Å². The summed E-state index contributed by atoms with van der Waals surface area (Å²) < 4.78 is 0. The molecule has 1 aliphatic rings. The zero-order valence-corrected chi connectivity index (χ0v) is 10.4. The molecule has 90 valence electrons. The lowest BCUT2D eigenvalue weighted by atomic mass is 9.99. The maximum atomic E-state index is 8.84. The largest absolute Gasteiger partial charge is 0.310 e. The number of nitrogens with zero attached hydrogens (tertiary/aromatic N) is 1. The lowest BCUT2D eigenvalue weighted by Gasteiger charge is -2.20. The van der Waals surface area contributed by atoms with Crippen LogP contribution in [0.2, 0.25) is 0 Å². The zero-order valence-electron chi connectivity index (χ0n) is 10.4.